The summed E-state index contributed by atoms with van der Waals surface area (Å²) in [6.07, 6.45) is 8.19. The topological polar surface area (TPSA) is 38.8 Å². The molecule has 2 fully saturated rings. The molecule has 0 unspecified atom stereocenters. The van der Waals surface area contributed by atoms with Gasteiger partial charge in [-0.15, -0.1) is 0 Å². The zero-order valence-electron chi connectivity index (χ0n) is 14.3. The van der Waals surface area contributed by atoms with E-state index in [2.05, 4.69) is 32.8 Å². The molecule has 4 heteroatoms. The molecule has 1 saturated carbocycles. The summed E-state index contributed by atoms with van der Waals surface area (Å²) in [4.78, 5) is 17.7. The summed E-state index contributed by atoms with van der Waals surface area (Å²) in [5, 5.41) is 2.19. The molecule has 1 aliphatic carbocycles. The molecule has 1 saturated heterocycles. The Morgan fingerprint density at radius 3 is 1.95 bits per heavy atom. The predicted molar refractivity (Wildman–Crippen MR) is 82.7 cm³/mol. The van der Waals surface area contributed by atoms with Crippen molar-refractivity contribution in [2.75, 3.05) is 0 Å². The Balaban J connectivity index is 2.07. The van der Waals surface area contributed by atoms with E-state index in [0.29, 0.717) is 6.10 Å². The minimum Gasteiger partial charge on any atom is -0.462 e. The molecule has 1 heterocycles. The van der Waals surface area contributed by atoms with Crippen LogP contribution >= 0.6 is 0 Å². The Hall–Kier alpha value is -0.610. The van der Waals surface area contributed by atoms with Crippen LogP contribution < -0.4 is 0 Å². The number of hydrogen-bond donors (Lipinski definition) is 0. The second kappa shape index (κ2) is 6.25. The van der Waals surface area contributed by atoms with Crippen LogP contribution in [0, 0.1) is 0 Å². The van der Waals surface area contributed by atoms with Crippen molar-refractivity contribution in [3.05, 3.63) is 0 Å². The highest BCUT2D eigenvalue weighted by atomic mass is 16.7. The molecular formula is C17H31NO3. The summed E-state index contributed by atoms with van der Waals surface area (Å²) in [5.41, 5.74) is -0.251. The summed E-state index contributed by atoms with van der Waals surface area (Å²) >= 11 is 0. The van der Waals surface area contributed by atoms with Crippen molar-refractivity contribution in [2.24, 2.45) is 0 Å². The average Bonchev–Trinajstić information content (AvgIpc) is 2.33. The fourth-order valence-electron chi connectivity index (χ4n) is 4.09. The molecule has 0 atom stereocenters. The number of nitrogens with zero attached hydrogens (tertiary/aromatic N) is 1. The van der Waals surface area contributed by atoms with E-state index in [1.807, 2.05) is 0 Å². The van der Waals surface area contributed by atoms with Crippen LogP contribution in [0.4, 0.5) is 0 Å². The van der Waals surface area contributed by atoms with Crippen LogP contribution in [0.25, 0.3) is 0 Å². The maximum absolute atomic E-state index is 11.3. The second-order valence-corrected chi connectivity index (χ2v) is 7.92. The van der Waals surface area contributed by atoms with E-state index < -0.39 is 0 Å². The molecular weight excluding hydrogens is 266 g/mol. The van der Waals surface area contributed by atoms with Crippen molar-refractivity contribution < 1.29 is 14.4 Å². The third-order valence-corrected chi connectivity index (χ3v) is 4.69. The van der Waals surface area contributed by atoms with E-state index in [1.165, 1.54) is 26.2 Å². The highest BCUT2D eigenvalue weighted by Crippen LogP contribution is 2.41. The number of hydrogen-bond acceptors (Lipinski definition) is 4. The summed E-state index contributed by atoms with van der Waals surface area (Å²) in [5.74, 6) is -0.187. The van der Waals surface area contributed by atoms with Crippen molar-refractivity contribution in [1.82, 2.24) is 5.06 Å². The molecule has 122 valence electrons. The Morgan fingerprint density at radius 1 is 0.952 bits per heavy atom. The van der Waals surface area contributed by atoms with Gasteiger partial charge >= 0.3 is 5.97 Å². The number of carbonyl (C=O) groups excluding carboxylic acids is 1. The maximum Gasteiger partial charge on any atom is 0.302 e. The minimum atomic E-state index is -0.187. The Kier molecular flexibility index (Phi) is 4.99. The monoisotopic (exact) mass is 297 g/mol. The van der Waals surface area contributed by atoms with Crippen LogP contribution in [0.1, 0.15) is 79.6 Å². The van der Waals surface area contributed by atoms with Gasteiger partial charge in [-0.1, -0.05) is 19.3 Å². The molecule has 0 amide bonds. The number of hydroxylamine groups is 2. The number of piperidine rings is 1. The SMILES string of the molecule is CC(=O)OC1CC(C)(C)N(OC2CCCCC2)C(C)(C)C1. The first kappa shape index (κ1) is 16.8. The van der Waals surface area contributed by atoms with E-state index in [-0.39, 0.29) is 23.2 Å². The van der Waals surface area contributed by atoms with E-state index >= 15 is 0 Å². The molecule has 4 nitrogen and oxygen atoms in total. The van der Waals surface area contributed by atoms with Crippen molar-refractivity contribution in [3.63, 3.8) is 0 Å². The van der Waals surface area contributed by atoms with Gasteiger partial charge in [-0.3, -0.25) is 9.63 Å². The Labute approximate surface area is 129 Å². The lowest BCUT2D eigenvalue weighted by Gasteiger charge is -2.54. The lowest BCUT2D eigenvalue weighted by atomic mass is 9.80. The van der Waals surface area contributed by atoms with Gasteiger partial charge in [0.1, 0.15) is 6.10 Å². The number of ether oxygens (including phenoxy) is 1. The lowest BCUT2D eigenvalue weighted by Crippen LogP contribution is -2.62. The standard InChI is InChI=1S/C17H31NO3/c1-13(19)20-15-11-16(2,3)18(17(4,5)12-15)21-14-9-7-6-8-10-14/h14-15H,6-12H2,1-5H3. The van der Waals surface area contributed by atoms with Crippen LogP contribution in [0.3, 0.4) is 0 Å². The van der Waals surface area contributed by atoms with Crippen LogP contribution in [0.2, 0.25) is 0 Å². The van der Waals surface area contributed by atoms with Crippen molar-refractivity contribution >= 4 is 5.97 Å². The smallest absolute Gasteiger partial charge is 0.302 e. The van der Waals surface area contributed by atoms with Gasteiger partial charge in [0.25, 0.3) is 0 Å². The van der Waals surface area contributed by atoms with E-state index in [4.69, 9.17) is 9.57 Å². The largest absolute Gasteiger partial charge is 0.462 e. The van der Waals surface area contributed by atoms with Gasteiger partial charge in [0, 0.05) is 30.8 Å². The van der Waals surface area contributed by atoms with Crippen molar-refractivity contribution in [1.29, 1.82) is 0 Å². The van der Waals surface area contributed by atoms with Gasteiger partial charge in [0.15, 0.2) is 0 Å². The third-order valence-electron chi connectivity index (χ3n) is 4.69. The number of carbonyl (C=O) groups is 1. The van der Waals surface area contributed by atoms with Crippen LogP contribution in [-0.4, -0.2) is 34.3 Å². The zero-order chi connectivity index (χ0) is 15.7. The molecule has 21 heavy (non-hydrogen) atoms. The minimum absolute atomic E-state index is 0.0151. The second-order valence-electron chi connectivity index (χ2n) is 7.92. The molecule has 0 radical (unpaired) electrons. The normalized spacial score (nSPS) is 27.5. The van der Waals surface area contributed by atoms with Crippen LogP contribution in [0.5, 0.6) is 0 Å². The summed E-state index contributed by atoms with van der Waals surface area (Å²) in [6, 6.07) is 0. The molecule has 0 bridgehead atoms. The van der Waals surface area contributed by atoms with E-state index in [0.717, 1.165) is 25.7 Å². The molecule has 1 aliphatic heterocycles. The summed E-state index contributed by atoms with van der Waals surface area (Å²) in [7, 11) is 0. The van der Waals surface area contributed by atoms with Gasteiger partial charge < -0.3 is 4.74 Å². The van der Waals surface area contributed by atoms with Gasteiger partial charge in [-0.25, -0.2) is 0 Å². The molecule has 0 spiro atoms. The zero-order valence-corrected chi connectivity index (χ0v) is 14.3. The fraction of sp³-hybridized carbons (Fsp3) is 0.941. The third kappa shape index (κ3) is 4.19. The maximum atomic E-state index is 11.3. The first-order valence-electron chi connectivity index (χ1n) is 8.35. The molecule has 0 N–H and O–H groups in total. The highest BCUT2D eigenvalue weighted by Gasteiger charge is 2.48. The van der Waals surface area contributed by atoms with Gasteiger partial charge in [0.2, 0.25) is 0 Å². The summed E-state index contributed by atoms with van der Waals surface area (Å²) in [6.45, 7) is 10.2. The quantitative estimate of drug-likeness (QED) is 0.742. The molecule has 0 aromatic heterocycles. The molecule has 2 aliphatic rings. The Bertz CT molecular complexity index is 354. The van der Waals surface area contributed by atoms with Gasteiger partial charge in [0.05, 0.1) is 6.10 Å². The lowest BCUT2D eigenvalue weighted by molar-refractivity contribution is -0.317. The Morgan fingerprint density at radius 2 is 1.48 bits per heavy atom. The van der Waals surface area contributed by atoms with Gasteiger partial charge in [-0.05, 0) is 40.5 Å². The number of rotatable bonds is 3. The van der Waals surface area contributed by atoms with E-state index in [9.17, 15) is 4.79 Å². The van der Waals surface area contributed by atoms with Crippen LogP contribution in [-0.2, 0) is 14.4 Å². The van der Waals surface area contributed by atoms with Crippen LogP contribution in [0.15, 0.2) is 0 Å². The fourth-order valence-corrected chi connectivity index (χ4v) is 4.09. The average molecular weight is 297 g/mol. The molecule has 2 rings (SSSR count). The molecule has 0 aromatic carbocycles. The first-order valence-corrected chi connectivity index (χ1v) is 8.35. The van der Waals surface area contributed by atoms with E-state index in [1.54, 1.807) is 0 Å². The van der Waals surface area contributed by atoms with Gasteiger partial charge in [-0.2, -0.15) is 5.06 Å². The predicted octanol–water partition coefficient (Wildman–Crippen LogP) is 3.84. The first-order chi connectivity index (χ1) is 9.71. The number of esters is 1. The van der Waals surface area contributed by atoms with Crippen molar-refractivity contribution in [3.8, 4) is 0 Å². The molecule has 0 aromatic rings. The van der Waals surface area contributed by atoms with Crippen molar-refractivity contribution in [2.45, 2.75) is 103 Å². The summed E-state index contributed by atoms with van der Waals surface area (Å²) < 4.78 is 5.48. The highest BCUT2D eigenvalue weighted by molar-refractivity contribution is 5.66.